The second-order valence-corrected chi connectivity index (χ2v) is 8.32. The van der Waals surface area contributed by atoms with Crippen LogP contribution in [0.15, 0.2) is 6.20 Å². The van der Waals surface area contributed by atoms with Gasteiger partial charge < -0.3 is 4.90 Å². The lowest BCUT2D eigenvalue weighted by Gasteiger charge is -2.26. The van der Waals surface area contributed by atoms with Gasteiger partial charge in [-0.3, -0.25) is 9.48 Å². The molecule has 23 heavy (non-hydrogen) atoms. The van der Waals surface area contributed by atoms with E-state index in [1.165, 1.54) is 0 Å². The Labute approximate surface area is 142 Å². The van der Waals surface area contributed by atoms with E-state index in [1.807, 2.05) is 41.1 Å². The number of hydrogen-bond donors (Lipinski definition) is 0. The summed E-state index contributed by atoms with van der Waals surface area (Å²) in [5.41, 5.74) is 2.34. The smallest absolute Gasteiger partial charge is 0.257 e. The Morgan fingerprint density at radius 3 is 2.43 bits per heavy atom. The molecule has 2 heterocycles. The summed E-state index contributed by atoms with van der Waals surface area (Å²) in [6.07, 6.45) is 1.82. The number of thiazole rings is 1. The molecule has 0 spiro atoms. The minimum absolute atomic E-state index is 0.000906. The fraction of sp³-hybridized carbons (Fsp3) is 0.588. The molecule has 0 radical (unpaired) electrons. The first kappa shape index (κ1) is 17.7. The molecule has 1 amide bonds. The number of amides is 1. The van der Waals surface area contributed by atoms with E-state index in [1.54, 1.807) is 20.9 Å². The molecule has 126 valence electrons. The average molecular weight is 334 g/mol. The lowest BCUT2D eigenvalue weighted by atomic mass is 9.89. The van der Waals surface area contributed by atoms with E-state index in [2.05, 4.69) is 30.9 Å². The molecule has 1 atom stereocenters. The fourth-order valence-electron chi connectivity index (χ4n) is 2.68. The third-order valence-electron chi connectivity index (χ3n) is 3.99. The summed E-state index contributed by atoms with van der Waals surface area (Å²) >= 11 is 1.65. The van der Waals surface area contributed by atoms with Crippen molar-refractivity contribution in [2.75, 3.05) is 7.05 Å². The second-order valence-electron chi connectivity index (χ2n) is 7.09. The Hall–Kier alpha value is -1.69. The minimum Gasteiger partial charge on any atom is -0.334 e. The van der Waals surface area contributed by atoms with E-state index < -0.39 is 0 Å². The van der Waals surface area contributed by atoms with E-state index in [0.29, 0.717) is 5.56 Å². The molecule has 5 nitrogen and oxygen atoms in total. The van der Waals surface area contributed by atoms with Gasteiger partial charge in [0.25, 0.3) is 5.91 Å². The highest BCUT2D eigenvalue weighted by Gasteiger charge is 2.30. The van der Waals surface area contributed by atoms with Crippen LogP contribution in [0.4, 0.5) is 0 Å². The molecule has 0 aliphatic heterocycles. The molecule has 0 fully saturated rings. The third-order valence-corrected chi connectivity index (χ3v) is 5.23. The van der Waals surface area contributed by atoms with Gasteiger partial charge in [0, 0.05) is 30.6 Å². The largest absolute Gasteiger partial charge is 0.334 e. The highest BCUT2D eigenvalue weighted by molar-refractivity contribution is 7.11. The van der Waals surface area contributed by atoms with Crippen molar-refractivity contribution in [1.29, 1.82) is 0 Å². The van der Waals surface area contributed by atoms with Crippen LogP contribution >= 0.6 is 11.3 Å². The van der Waals surface area contributed by atoms with Gasteiger partial charge in [-0.05, 0) is 20.8 Å². The van der Waals surface area contributed by atoms with Crippen molar-refractivity contribution in [2.45, 2.75) is 53.0 Å². The quantitative estimate of drug-likeness (QED) is 0.861. The first-order valence-electron chi connectivity index (χ1n) is 7.77. The Kier molecular flexibility index (Phi) is 4.66. The summed E-state index contributed by atoms with van der Waals surface area (Å²) in [6.45, 7) is 12.3. The molecule has 2 rings (SSSR count). The summed E-state index contributed by atoms with van der Waals surface area (Å²) in [4.78, 5) is 20.4. The Morgan fingerprint density at radius 2 is 1.96 bits per heavy atom. The molecule has 2 aromatic heterocycles. The van der Waals surface area contributed by atoms with E-state index in [0.717, 1.165) is 21.3 Å². The predicted molar refractivity (Wildman–Crippen MR) is 94.0 cm³/mol. The molecule has 0 aliphatic carbocycles. The van der Waals surface area contributed by atoms with Crippen LogP contribution in [0.5, 0.6) is 0 Å². The van der Waals surface area contributed by atoms with Crippen LogP contribution in [0.1, 0.15) is 65.4 Å². The average Bonchev–Trinajstić information content (AvgIpc) is 2.98. The van der Waals surface area contributed by atoms with E-state index in [4.69, 9.17) is 0 Å². The van der Waals surface area contributed by atoms with E-state index in [-0.39, 0.29) is 17.4 Å². The number of aryl methyl sites for hydroxylation is 3. The van der Waals surface area contributed by atoms with Gasteiger partial charge in [0.1, 0.15) is 0 Å². The molecule has 0 aromatic carbocycles. The van der Waals surface area contributed by atoms with Crippen molar-refractivity contribution in [3.63, 3.8) is 0 Å². The molecule has 1 unspecified atom stereocenters. The lowest BCUT2D eigenvalue weighted by Crippen LogP contribution is -2.31. The van der Waals surface area contributed by atoms with Crippen molar-refractivity contribution in [3.8, 4) is 0 Å². The van der Waals surface area contributed by atoms with Gasteiger partial charge in [-0.1, -0.05) is 20.8 Å². The summed E-state index contributed by atoms with van der Waals surface area (Å²) in [5.74, 6) is 0.000906. The normalized spacial score (nSPS) is 13.2. The number of carbonyl (C=O) groups is 1. The van der Waals surface area contributed by atoms with Gasteiger partial charge in [0.15, 0.2) is 0 Å². The molecule has 0 N–H and O–H groups in total. The van der Waals surface area contributed by atoms with E-state index >= 15 is 0 Å². The predicted octanol–water partition coefficient (Wildman–Crippen LogP) is 3.62. The van der Waals surface area contributed by atoms with Gasteiger partial charge in [0.2, 0.25) is 0 Å². The highest BCUT2D eigenvalue weighted by Crippen LogP contribution is 2.31. The van der Waals surface area contributed by atoms with Gasteiger partial charge in [-0.25, -0.2) is 4.98 Å². The highest BCUT2D eigenvalue weighted by atomic mass is 32.1. The zero-order valence-corrected chi connectivity index (χ0v) is 16.1. The Morgan fingerprint density at radius 1 is 1.35 bits per heavy atom. The lowest BCUT2D eigenvalue weighted by molar-refractivity contribution is 0.0742. The fourth-order valence-corrected chi connectivity index (χ4v) is 3.70. The van der Waals surface area contributed by atoms with Crippen molar-refractivity contribution >= 4 is 17.2 Å². The van der Waals surface area contributed by atoms with Gasteiger partial charge in [0.05, 0.1) is 28.0 Å². The molecule has 0 bridgehead atoms. The van der Waals surface area contributed by atoms with Crippen molar-refractivity contribution in [3.05, 3.63) is 33.0 Å². The molecule has 0 saturated carbocycles. The van der Waals surface area contributed by atoms with E-state index in [9.17, 15) is 4.79 Å². The first-order valence-corrected chi connectivity index (χ1v) is 8.59. The second kappa shape index (κ2) is 6.07. The monoisotopic (exact) mass is 334 g/mol. The molecule has 6 heteroatoms. The SMILES string of the molecule is Cc1nc(C)c(C(C)N(C)C(=O)c2cn(C)nc2C(C)(C)C)s1. The summed E-state index contributed by atoms with van der Waals surface area (Å²) in [6, 6.07) is -0.0123. The van der Waals surface area contributed by atoms with Crippen LogP contribution in [0, 0.1) is 13.8 Å². The van der Waals surface area contributed by atoms with Crippen LogP contribution in [0.25, 0.3) is 0 Å². The summed E-state index contributed by atoms with van der Waals surface area (Å²) in [5, 5.41) is 5.53. The topological polar surface area (TPSA) is 51.0 Å². The molecule has 0 saturated heterocycles. The zero-order valence-electron chi connectivity index (χ0n) is 15.3. The minimum atomic E-state index is -0.173. The number of carbonyl (C=O) groups excluding carboxylic acids is 1. The third kappa shape index (κ3) is 3.47. The molecule has 2 aromatic rings. The number of aromatic nitrogens is 3. The maximum Gasteiger partial charge on any atom is 0.257 e. The van der Waals surface area contributed by atoms with Gasteiger partial charge in [-0.2, -0.15) is 5.10 Å². The molecular weight excluding hydrogens is 308 g/mol. The first-order chi connectivity index (χ1) is 10.5. The Balaban J connectivity index is 2.35. The molecule has 0 aliphatic rings. The number of rotatable bonds is 3. The maximum absolute atomic E-state index is 13.0. The summed E-state index contributed by atoms with van der Waals surface area (Å²) < 4.78 is 1.72. The van der Waals surface area contributed by atoms with Gasteiger partial charge in [-0.15, -0.1) is 11.3 Å². The Bertz CT molecular complexity index is 724. The van der Waals surface area contributed by atoms with Crippen LogP contribution in [0.3, 0.4) is 0 Å². The van der Waals surface area contributed by atoms with Crippen LogP contribution in [0.2, 0.25) is 0 Å². The standard InChI is InChI=1S/C17H26N4OS/c1-10-14(23-12(3)18-10)11(2)21(8)16(22)13-9-20(7)19-15(13)17(4,5)6/h9,11H,1-8H3. The van der Waals surface area contributed by atoms with Crippen molar-refractivity contribution < 1.29 is 4.79 Å². The van der Waals surface area contributed by atoms with Crippen molar-refractivity contribution in [1.82, 2.24) is 19.7 Å². The number of nitrogens with zero attached hydrogens (tertiary/aromatic N) is 4. The summed E-state index contributed by atoms with van der Waals surface area (Å²) in [7, 11) is 3.70. The number of hydrogen-bond acceptors (Lipinski definition) is 4. The molecular formula is C17H26N4OS. The maximum atomic E-state index is 13.0. The van der Waals surface area contributed by atoms with Crippen LogP contribution in [-0.4, -0.2) is 32.6 Å². The van der Waals surface area contributed by atoms with Crippen molar-refractivity contribution in [2.24, 2.45) is 7.05 Å². The van der Waals surface area contributed by atoms with Crippen LogP contribution < -0.4 is 0 Å². The zero-order chi connectivity index (χ0) is 17.5. The van der Waals surface area contributed by atoms with Gasteiger partial charge >= 0.3 is 0 Å². The van der Waals surface area contributed by atoms with Crippen LogP contribution in [-0.2, 0) is 12.5 Å².